The summed E-state index contributed by atoms with van der Waals surface area (Å²) in [7, 11) is 7.01. The first-order valence-corrected chi connectivity index (χ1v) is 9.44. The Balaban J connectivity index is 1.67. The molecule has 2 aromatic carbocycles. The fourth-order valence-electron chi connectivity index (χ4n) is 3.13. The van der Waals surface area contributed by atoms with Crippen LogP contribution in [-0.4, -0.2) is 44.8 Å². The van der Waals surface area contributed by atoms with Gasteiger partial charge in [-0.25, -0.2) is 4.98 Å². The molecule has 0 bridgehead atoms. The summed E-state index contributed by atoms with van der Waals surface area (Å²) >= 11 is 6.42. The Bertz CT molecular complexity index is 962. The van der Waals surface area contributed by atoms with Gasteiger partial charge in [0, 0.05) is 30.1 Å². The van der Waals surface area contributed by atoms with Crippen LogP contribution in [0.25, 0.3) is 10.9 Å². The third kappa shape index (κ3) is 4.66. The first-order chi connectivity index (χ1) is 13.5. The highest BCUT2D eigenvalue weighted by Gasteiger charge is 2.10. The maximum atomic E-state index is 6.42. The molecule has 0 radical (unpaired) electrons. The quantitative estimate of drug-likeness (QED) is 0.517. The zero-order chi connectivity index (χ0) is 20.1. The van der Waals surface area contributed by atoms with Crippen LogP contribution in [0.15, 0.2) is 42.5 Å². The summed E-state index contributed by atoms with van der Waals surface area (Å²) < 4.78 is 15.9. The van der Waals surface area contributed by atoms with Crippen LogP contribution >= 0.6 is 11.6 Å². The van der Waals surface area contributed by atoms with Gasteiger partial charge in [0.2, 0.25) is 0 Å². The van der Waals surface area contributed by atoms with E-state index in [4.69, 9.17) is 25.8 Å². The molecule has 0 aliphatic heterocycles. The van der Waals surface area contributed by atoms with Crippen LogP contribution in [0.2, 0.25) is 5.15 Å². The van der Waals surface area contributed by atoms with Crippen LogP contribution in [0.1, 0.15) is 11.1 Å². The predicted octanol–water partition coefficient (Wildman–Crippen LogP) is 4.59. The Hall–Kier alpha value is -2.50. The van der Waals surface area contributed by atoms with Gasteiger partial charge in [-0.2, -0.15) is 0 Å². The van der Waals surface area contributed by atoms with Crippen molar-refractivity contribution in [2.24, 2.45) is 0 Å². The lowest BCUT2D eigenvalue weighted by Gasteiger charge is -2.18. The molecule has 0 amide bonds. The van der Waals surface area contributed by atoms with Crippen molar-refractivity contribution in [1.29, 1.82) is 0 Å². The highest BCUT2D eigenvalue weighted by atomic mass is 35.5. The van der Waals surface area contributed by atoms with E-state index in [9.17, 15) is 0 Å². The first-order valence-electron chi connectivity index (χ1n) is 9.06. The molecule has 0 atom stereocenters. The van der Waals surface area contributed by atoms with Crippen molar-refractivity contribution < 1.29 is 14.2 Å². The number of nitrogens with zero attached hydrogens (tertiary/aromatic N) is 2. The van der Waals surface area contributed by atoms with Crippen LogP contribution in [0.4, 0.5) is 0 Å². The molecule has 0 aliphatic rings. The third-order valence-electron chi connectivity index (χ3n) is 4.72. The van der Waals surface area contributed by atoms with Gasteiger partial charge in [0.15, 0.2) is 11.5 Å². The van der Waals surface area contributed by atoms with Gasteiger partial charge < -0.3 is 19.1 Å². The number of ether oxygens (including phenoxy) is 3. The molecule has 0 unspecified atom stereocenters. The van der Waals surface area contributed by atoms with Crippen LogP contribution in [0, 0.1) is 0 Å². The number of fused-ring (bicyclic) bond motifs is 1. The van der Waals surface area contributed by atoms with Gasteiger partial charge in [0.05, 0.1) is 26.8 Å². The monoisotopic (exact) mass is 400 g/mol. The van der Waals surface area contributed by atoms with Crippen molar-refractivity contribution in [3.8, 4) is 17.2 Å². The minimum atomic E-state index is 0.527. The number of aromatic nitrogens is 1. The molecule has 1 heterocycles. The molecule has 3 rings (SSSR count). The van der Waals surface area contributed by atoms with Gasteiger partial charge in [0.1, 0.15) is 10.9 Å². The Morgan fingerprint density at radius 3 is 2.43 bits per heavy atom. The normalized spacial score (nSPS) is 11.1. The summed E-state index contributed by atoms with van der Waals surface area (Å²) in [4.78, 5) is 6.76. The molecule has 3 aromatic rings. The average Bonchev–Trinajstić information content (AvgIpc) is 2.72. The van der Waals surface area contributed by atoms with Crippen LogP contribution < -0.4 is 14.2 Å². The molecule has 0 saturated heterocycles. The van der Waals surface area contributed by atoms with Crippen molar-refractivity contribution in [1.82, 2.24) is 9.88 Å². The van der Waals surface area contributed by atoms with E-state index in [0.29, 0.717) is 5.15 Å². The molecule has 0 spiro atoms. The minimum absolute atomic E-state index is 0.527. The summed E-state index contributed by atoms with van der Waals surface area (Å²) in [6, 6.07) is 13.9. The molecule has 5 nitrogen and oxygen atoms in total. The maximum absolute atomic E-state index is 6.42. The van der Waals surface area contributed by atoms with E-state index in [1.54, 1.807) is 21.3 Å². The topological polar surface area (TPSA) is 43.8 Å². The Labute approximate surface area is 170 Å². The first kappa shape index (κ1) is 20.2. The summed E-state index contributed by atoms with van der Waals surface area (Å²) in [5, 5.41) is 1.58. The van der Waals surface area contributed by atoms with Gasteiger partial charge in [-0.15, -0.1) is 0 Å². The number of halogens is 1. The molecule has 148 valence electrons. The lowest BCUT2D eigenvalue weighted by Crippen LogP contribution is -2.21. The zero-order valence-electron chi connectivity index (χ0n) is 16.7. The van der Waals surface area contributed by atoms with Crippen molar-refractivity contribution in [2.75, 3.05) is 34.9 Å². The highest BCUT2D eigenvalue weighted by molar-refractivity contribution is 6.30. The van der Waals surface area contributed by atoms with E-state index >= 15 is 0 Å². The number of methoxy groups -OCH3 is 3. The highest BCUT2D eigenvalue weighted by Crippen LogP contribution is 2.28. The molecular formula is C22H25ClN2O3. The van der Waals surface area contributed by atoms with Crippen LogP contribution in [-0.2, 0) is 13.0 Å². The van der Waals surface area contributed by atoms with Gasteiger partial charge >= 0.3 is 0 Å². The van der Waals surface area contributed by atoms with E-state index in [2.05, 4.69) is 29.1 Å². The lowest BCUT2D eigenvalue weighted by molar-refractivity contribution is 0.330. The van der Waals surface area contributed by atoms with E-state index in [1.807, 2.05) is 30.3 Å². The fraction of sp³-hybridized carbons (Fsp3) is 0.318. The number of likely N-dealkylation sites (N-methyl/N-ethyl adjacent to an activating group) is 1. The smallest absolute Gasteiger partial charge is 0.160 e. The lowest BCUT2D eigenvalue weighted by atomic mass is 10.1. The minimum Gasteiger partial charge on any atom is -0.497 e. The molecule has 0 fully saturated rings. The average molecular weight is 401 g/mol. The number of hydrogen-bond donors (Lipinski definition) is 0. The predicted molar refractivity (Wildman–Crippen MR) is 113 cm³/mol. The van der Waals surface area contributed by atoms with Crippen LogP contribution in [0.3, 0.4) is 0 Å². The number of benzene rings is 2. The van der Waals surface area contributed by atoms with Gasteiger partial charge in [-0.3, -0.25) is 0 Å². The van der Waals surface area contributed by atoms with E-state index in [-0.39, 0.29) is 0 Å². The van der Waals surface area contributed by atoms with Crippen molar-refractivity contribution in [3.05, 3.63) is 58.7 Å². The molecule has 0 N–H and O–H groups in total. The van der Waals surface area contributed by atoms with Crippen LogP contribution in [0.5, 0.6) is 17.2 Å². The largest absolute Gasteiger partial charge is 0.497 e. The van der Waals surface area contributed by atoms with Crippen molar-refractivity contribution >= 4 is 22.5 Å². The second-order valence-corrected chi connectivity index (χ2v) is 7.03. The molecule has 6 heteroatoms. The zero-order valence-corrected chi connectivity index (χ0v) is 17.4. The Morgan fingerprint density at radius 2 is 1.71 bits per heavy atom. The van der Waals surface area contributed by atoms with E-state index in [1.165, 1.54) is 5.56 Å². The fourth-order valence-corrected chi connectivity index (χ4v) is 3.34. The Kier molecular flexibility index (Phi) is 6.60. The molecule has 0 saturated carbocycles. The summed E-state index contributed by atoms with van der Waals surface area (Å²) in [5.41, 5.74) is 3.04. The number of pyridine rings is 1. The summed E-state index contributed by atoms with van der Waals surface area (Å²) in [6.07, 6.45) is 0.896. The molecule has 28 heavy (non-hydrogen) atoms. The second kappa shape index (κ2) is 9.13. The summed E-state index contributed by atoms with van der Waals surface area (Å²) in [5.74, 6) is 2.26. The van der Waals surface area contributed by atoms with Gasteiger partial charge in [0.25, 0.3) is 0 Å². The number of rotatable bonds is 8. The van der Waals surface area contributed by atoms with E-state index in [0.717, 1.165) is 53.2 Å². The summed E-state index contributed by atoms with van der Waals surface area (Å²) in [6.45, 7) is 1.60. The number of hydrogen-bond acceptors (Lipinski definition) is 5. The van der Waals surface area contributed by atoms with Gasteiger partial charge in [-0.05, 0) is 49.4 Å². The second-order valence-electron chi connectivity index (χ2n) is 6.67. The molecule has 1 aromatic heterocycles. The Morgan fingerprint density at radius 1 is 0.929 bits per heavy atom. The van der Waals surface area contributed by atoms with Gasteiger partial charge in [-0.1, -0.05) is 17.7 Å². The molecule has 0 aliphatic carbocycles. The van der Waals surface area contributed by atoms with Crippen molar-refractivity contribution in [2.45, 2.75) is 13.0 Å². The molecular weight excluding hydrogens is 376 g/mol. The third-order valence-corrected chi connectivity index (χ3v) is 5.05. The SMILES string of the molecule is COc1ccc2cc(CN(C)CCc3ccc(OC)c(OC)c3)c(Cl)nc2c1. The van der Waals surface area contributed by atoms with Crippen molar-refractivity contribution in [3.63, 3.8) is 0 Å². The van der Waals surface area contributed by atoms with E-state index < -0.39 is 0 Å². The maximum Gasteiger partial charge on any atom is 0.160 e. The standard InChI is InChI=1S/C22H25ClN2O3/c1-25(10-9-15-5-8-20(27-3)21(11-15)28-4)14-17-12-16-6-7-18(26-2)13-19(16)24-22(17)23/h5-8,11-13H,9-10,14H2,1-4H3.